The van der Waals surface area contributed by atoms with Gasteiger partial charge in [-0.05, 0) is 30.5 Å². The number of alkyl halides is 3. The van der Waals surface area contributed by atoms with Crippen LogP contribution in [0.3, 0.4) is 0 Å². The summed E-state index contributed by atoms with van der Waals surface area (Å²) < 4.78 is 38.7. The summed E-state index contributed by atoms with van der Waals surface area (Å²) in [7, 11) is 0. The lowest BCUT2D eigenvalue weighted by Crippen LogP contribution is -2.42. The number of piperidine rings is 1. The van der Waals surface area contributed by atoms with Crippen LogP contribution in [0.4, 0.5) is 18.9 Å². The van der Waals surface area contributed by atoms with E-state index in [1.807, 2.05) is 6.92 Å². The standard InChI is InChI=1S/C14H16F3NO2/c1-9-7-18(5-4-13(9)20)11-3-2-10(8-19)12(6-11)14(15,16)17/h2-3,6,8-9,13,20H,4-5,7H2,1H3. The average Bonchev–Trinajstić information content (AvgIpc) is 2.40. The lowest BCUT2D eigenvalue weighted by molar-refractivity contribution is -0.137. The molecule has 110 valence electrons. The quantitative estimate of drug-likeness (QED) is 0.850. The molecule has 0 aromatic heterocycles. The Morgan fingerprint density at radius 2 is 2.10 bits per heavy atom. The molecule has 1 aromatic carbocycles. The molecule has 20 heavy (non-hydrogen) atoms. The predicted molar refractivity (Wildman–Crippen MR) is 68.8 cm³/mol. The highest BCUT2D eigenvalue weighted by molar-refractivity contribution is 5.79. The molecule has 0 aliphatic carbocycles. The number of anilines is 1. The molecule has 2 atom stereocenters. The van der Waals surface area contributed by atoms with Crippen LogP contribution in [-0.4, -0.2) is 30.6 Å². The van der Waals surface area contributed by atoms with E-state index in [1.165, 1.54) is 12.1 Å². The van der Waals surface area contributed by atoms with Gasteiger partial charge in [0.15, 0.2) is 6.29 Å². The van der Waals surface area contributed by atoms with Crippen LogP contribution in [0.15, 0.2) is 18.2 Å². The first-order chi connectivity index (χ1) is 9.32. The van der Waals surface area contributed by atoms with Crippen LogP contribution in [0.25, 0.3) is 0 Å². The Bertz CT molecular complexity index is 502. The van der Waals surface area contributed by atoms with Gasteiger partial charge in [-0.2, -0.15) is 13.2 Å². The number of carbonyl (C=O) groups excluding carboxylic acids is 1. The SMILES string of the molecule is CC1CN(c2ccc(C=O)c(C(F)(F)F)c2)CCC1O. The molecule has 2 unspecified atom stereocenters. The van der Waals surface area contributed by atoms with Gasteiger partial charge in [-0.25, -0.2) is 0 Å². The van der Waals surface area contributed by atoms with Crippen LogP contribution in [0.5, 0.6) is 0 Å². The number of carbonyl (C=O) groups is 1. The smallest absolute Gasteiger partial charge is 0.393 e. The summed E-state index contributed by atoms with van der Waals surface area (Å²) in [6.45, 7) is 2.86. The second-order valence-corrected chi connectivity index (χ2v) is 5.17. The van der Waals surface area contributed by atoms with Crippen LogP contribution >= 0.6 is 0 Å². The maximum absolute atomic E-state index is 12.9. The van der Waals surface area contributed by atoms with Crippen LogP contribution in [-0.2, 0) is 6.18 Å². The third-order valence-corrected chi connectivity index (χ3v) is 3.69. The Hall–Kier alpha value is -1.56. The highest BCUT2D eigenvalue weighted by Gasteiger charge is 2.34. The van der Waals surface area contributed by atoms with E-state index in [-0.39, 0.29) is 17.8 Å². The summed E-state index contributed by atoms with van der Waals surface area (Å²) in [5.74, 6) is 0.00355. The fourth-order valence-corrected chi connectivity index (χ4v) is 2.46. The van der Waals surface area contributed by atoms with Gasteiger partial charge in [0.2, 0.25) is 0 Å². The summed E-state index contributed by atoms with van der Waals surface area (Å²) >= 11 is 0. The maximum Gasteiger partial charge on any atom is 0.417 e. The number of halogens is 3. The number of aliphatic hydroxyl groups excluding tert-OH is 1. The van der Waals surface area contributed by atoms with Crippen molar-refractivity contribution in [3.63, 3.8) is 0 Å². The Balaban J connectivity index is 2.32. The molecule has 6 heteroatoms. The number of hydrogen-bond acceptors (Lipinski definition) is 3. The van der Waals surface area contributed by atoms with Crippen molar-refractivity contribution in [2.75, 3.05) is 18.0 Å². The largest absolute Gasteiger partial charge is 0.417 e. The van der Waals surface area contributed by atoms with Gasteiger partial charge in [0.05, 0.1) is 11.7 Å². The van der Waals surface area contributed by atoms with Crippen molar-refractivity contribution < 1.29 is 23.1 Å². The summed E-state index contributed by atoms with van der Waals surface area (Å²) in [4.78, 5) is 12.5. The summed E-state index contributed by atoms with van der Waals surface area (Å²) in [6, 6.07) is 3.72. The molecule has 1 aliphatic heterocycles. The third-order valence-electron chi connectivity index (χ3n) is 3.69. The summed E-state index contributed by atoms with van der Waals surface area (Å²) in [5.41, 5.74) is -0.836. The Kier molecular flexibility index (Phi) is 4.04. The molecular formula is C14H16F3NO2. The van der Waals surface area contributed by atoms with Gasteiger partial charge in [0.25, 0.3) is 0 Å². The minimum atomic E-state index is -4.55. The van der Waals surface area contributed by atoms with E-state index in [2.05, 4.69) is 0 Å². The van der Waals surface area contributed by atoms with Crippen molar-refractivity contribution in [1.29, 1.82) is 0 Å². The number of benzene rings is 1. The maximum atomic E-state index is 12.9. The van der Waals surface area contributed by atoms with Crippen LogP contribution in [0.1, 0.15) is 29.3 Å². The van der Waals surface area contributed by atoms with Crippen LogP contribution < -0.4 is 4.90 Å². The van der Waals surface area contributed by atoms with Crippen molar-refractivity contribution in [1.82, 2.24) is 0 Å². The first-order valence-electron chi connectivity index (χ1n) is 6.42. The molecule has 1 N–H and O–H groups in total. The molecule has 0 amide bonds. The predicted octanol–water partition coefficient (Wildman–Crippen LogP) is 2.73. The van der Waals surface area contributed by atoms with Crippen molar-refractivity contribution in [2.24, 2.45) is 5.92 Å². The van der Waals surface area contributed by atoms with Crippen molar-refractivity contribution in [3.8, 4) is 0 Å². The highest BCUT2D eigenvalue weighted by atomic mass is 19.4. The Labute approximate surface area is 115 Å². The lowest BCUT2D eigenvalue weighted by atomic mass is 9.96. The molecule has 1 aromatic rings. The van der Waals surface area contributed by atoms with Gasteiger partial charge in [0.1, 0.15) is 0 Å². The highest BCUT2D eigenvalue weighted by Crippen LogP contribution is 2.35. The number of hydrogen-bond donors (Lipinski definition) is 1. The van der Waals surface area contributed by atoms with E-state index < -0.39 is 17.8 Å². The van der Waals surface area contributed by atoms with Gasteiger partial charge >= 0.3 is 6.18 Å². The molecule has 0 spiro atoms. The molecular weight excluding hydrogens is 271 g/mol. The zero-order chi connectivity index (χ0) is 14.9. The van der Waals surface area contributed by atoms with E-state index in [4.69, 9.17) is 0 Å². The molecule has 1 aliphatic rings. The van der Waals surface area contributed by atoms with Crippen molar-refractivity contribution >= 4 is 12.0 Å². The second-order valence-electron chi connectivity index (χ2n) is 5.17. The van der Waals surface area contributed by atoms with Crippen LogP contribution in [0.2, 0.25) is 0 Å². The van der Waals surface area contributed by atoms with Gasteiger partial charge in [0, 0.05) is 24.3 Å². The van der Waals surface area contributed by atoms with E-state index in [9.17, 15) is 23.1 Å². The minimum absolute atomic E-state index is 0.00355. The molecule has 1 fully saturated rings. The Morgan fingerprint density at radius 1 is 1.40 bits per heavy atom. The van der Waals surface area contributed by atoms with Gasteiger partial charge < -0.3 is 10.0 Å². The fourth-order valence-electron chi connectivity index (χ4n) is 2.46. The van der Waals surface area contributed by atoms with Gasteiger partial charge in [-0.3, -0.25) is 4.79 Å². The molecule has 1 saturated heterocycles. The molecule has 3 nitrogen and oxygen atoms in total. The van der Waals surface area contributed by atoms with E-state index in [0.29, 0.717) is 25.2 Å². The number of aliphatic hydroxyl groups is 1. The Morgan fingerprint density at radius 3 is 2.65 bits per heavy atom. The van der Waals surface area contributed by atoms with E-state index >= 15 is 0 Å². The van der Waals surface area contributed by atoms with Gasteiger partial charge in [-0.15, -0.1) is 0 Å². The molecule has 0 bridgehead atoms. The summed E-state index contributed by atoms with van der Waals surface area (Å²) in [6.07, 6.45) is -4.22. The average molecular weight is 287 g/mol. The normalized spacial score (nSPS) is 23.8. The molecule has 0 saturated carbocycles. The van der Waals surface area contributed by atoms with Crippen LogP contribution in [0, 0.1) is 5.92 Å². The molecule has 2 rings (SSSR count). The van der Waals surface area contributed by atoms with Gasteiger partial charge in [-0.1, -0.05) is 6.92 Å². The minimum Gasteiger partial charge on any atom is -0.393 e. The first-order valence-corrected chi connectivity index (χ1v) is 6.42. The van der Waals surface area contributed by atoms with Crippen molar-refractivity contribution in [2.45, 2.75) is 25.6 Å². The van der Waals surface area contributed by atoms with E-state index in [1.54, 1.807) is 4.90 Å². The fraction of sp³-hybridized carbons (Fsp3) is 0.500. The molecule has 1 heterocycles. The molecule has 0 radical (unpaired) electrons. The zero-order valence-electron chi connectivity index (χ0n) is 11.0. The summed E-state index contributed by atoms with van der Waals surface area (Å²) in [5, 5.41) is 9.66. The first kappa shape index (κ1) is 14.8. The third kappa shape index (κ3) is 2.95. The number of rotatable bonds is 2. The monoisotopic (exact) mass is 287 g/mol. The topological polar surface area (TPSA) is 40.5 Å². The number of nitrogens with zero attached hydrogens (tertiary/aromatic N) is 1. The van der Waals surface area contributed by atoms with E-state index in [0.717, 1.165) is 6.07 Å². The zero-order valence-corrected chi connectivity index (χ0v) is 11.0. The lowest BCUT2D eigenvalue weighted by Gasteiger charge is -2.36. The number of aldehydes is 1. The second kappa shape index (κ2) is 5.44. The van der Waals surface area contributed by atoms with Crippen molar-refractivity contribution in [3.05, 3.63) is 29.3 Å².